The maximum atomic E-state index is 11.5. The first-order valence-electron chi connectivity index (χ1n) is 6.30. The first kappa shape index (κ1) is 13.5. The average Bonchev–Trinajstić information content (AvgIpc) is 2.74. The van der Waals surface area contributed by atoms with Crippen molar-refractivity contribution in [2.24, 2.45) is 11.7 Å². The zero-order valence-electron chi connectivity index (χ0n) is 11.0. The highest BCUT2D eigenvalue weighted by molar-refractivity contribution is 5.79. The van der Waals surface area contributed by atoms with Crippen molar-refractivity contribution in [1.82, 2.24) is 19.8 Å². The van der Waals surface area contributed by atoms with Gasteiger partial charge in [0.25, 0.3) is 0 Å². The standard InChI is InChI=1S/C12H19N5O2/c1-9(18)17-3-2-16(5-10(6-17)12(13)19)7-11-4-14-8-15-11/h4,8,10H,2-3,5-7H2,1H3,(H2,13,19)(H,14,15)/t10-/m0/s1. The third-order valence-electron chi connectivity index (χ3n) is 3.40. The number of nitrogens with two attached hydrogens (primary N) is 1. The second kappa shape index (κ2) is 5.83. The normalized spacial score (nSPS) is 21.1. The lowest BCUT2D eigenvalue weighted by Gasteiger charge is -2.21. The van der Waals surface area contributed by atoms with Gasteiger partial charge >= 0.3 is 0 Å². The van der Waals surface area contributed by atoms with Crippen LogP contribution in [-0.2, 0) is 16.1 Å². The van der Waals surface area contributed by atoms with Gasteiger partial charge in [-0.2, -0.15) is 0 Å². The second-order valence-electron chi connectivity index (χ2n) is 4.88. The molecule has 19 heavy (non-hydrogen) atoms. The van der Waals surface area contributed by atoms with E-state index in [1.807, 2.05) is 0 Å². The molecule has 2 heterocycles. The summed E-state index contributed by atoms with van der Waals surface area (Å²) in [6.07, 6.45) is 3.38. The monoisotopic (exact) mass is 265 g/mol. The number of aromatic amines is 1. The predicted molar refractivity (Wildman–Crippen MR) is 68.8 cm³/mol. The molecule has 2 rings (SSSR count). The van der Waals surface area contributed by atoms with Crippen LogP contribution in [0.25, 0.3) is 0 Å². The molecule has 7 heteroatoms. The van der Waals surface area contributed by atoms with Crippen molar-refractivity contribution in [1.29, 1.82) is 0 Å². The van der Waals surface area contributed by atoms with Crippen LogP contribution in [0.15, 0.2) is 12.5 Å². The maximum absolute atomic E-state index is 11.5. The number of carbonyl (C=O) groups excluding carboxylic acids is 2. The number of aromatic nitrogens is 2. The van der Waals surface area contributed by atoms with Gasteiger partial charge in [0.15, 0.2) is 0 Å². The van der Waals surface area contributed by atoms with Gasteiger partial charge in [-0.15, -0.1) is 0 Å². The first-order chi connectivity index (χ1) is 9.06. The number of hydrogen-bond acceptors (Lipinski definition) is 4. The maximum Gasteiger partial charge on any atom is 0.223 e. The molecule has 0 unspecified atom stereocenters. The summed E-state index contributed by atoms with van der Waals surface area (Å²) < 4.78 is 0. The van der Waals surface area contributed by atoms with Gasteiger partial charge < -0.3 is 15.6 Å². The Hall–Kier alpha value is -1.89. The Labute approximate surface area is 111 Å². The minimum absolute atomic E-state index is 0.0189. The number of hydrogen-bond donors (Lipinski definition) is 2. The third kappa shape index (κ3) is 3.54. The Morgan fingerprint density at radius 2 is 2.26 bits per heavy atom. The van der Waals surface area contributed by atoms with E-state index in [1.165, 1.54) is 6.92 Å². The van der Waals surface area contributed by atoms with Gasteiger partial charge in [0, 0.05) is 51.5 Å². The average molecular weight is 265 g/mol. The fourth-order valence-electron chi connectivity index (χ4n) is 2.30. The lowest BCUT2D eigenvalue weighted by molar-refractivity contribution is -0.130. The minimum atomic E-state index is -0.359. The number of nitrogens with zero attached hydrogens (tertiary/aromatic N) is 3. The van der Waals surface area contributed by atoms with Crippen LogP contribution in [0.3, 0.4) is 0 Å². The molecule has 0 aliphatic carbocycles. The molecule has 2 amide bonds. The molecule has 0 bridgehead atoms. The minimum Gasteiger partial charge on any atom is -0.369 e. The van der Waals surface area contributed by atoms with Crippen LogP contribution in [0.4, 0.5) is 0 Å². The van der Waals surface area contributed by atoms with Crippen molar-refractivity contribution in [2.75, 3.05) is 26.2 Å². The lowest BCUT2D eigenvalue weighted by Crippen LogP contribution is -2.39. The van der Waals surface area contributed by atoms with Crippen LogP contribution in [0.5, 0.6) is 0 Å². The van der Waals surface area contributed by atoms with E-state index in [1.54, 1.807) is 17.4 Å². The third-order valence-corrected chi connectivity index (χ3v) is 3.40. The molecule has 1 saturated heterocycles. The summed E-state index contributed by atoms with van der Waals surface area (Å²) in [5, 5.41) is 0. The highest BCUT2D eigenvalue weighted by atomic mass is 16.2. The molecule has 1 aromatic rings. The van der Waals surface area contributed by atoms with Gasteiger partial charge in [0.2, 0.25) is 11.8 Å². The van der Waals surface area contributed by atoms with Crippen molar-refractivity contribution >= 4 is 11.8 Å². The molecule has 1 aliphatic heterocycles. The van der Waals surface area contributed by atoms with Gasteiger partial charge in [0.05, 0.1) is 12.2 Å². The van der Waals surface area contributed by atoms with Crippen LogP contribution in [-0.4, -0.2) is 57.8 Å². The number of nitrogens with one attached hydrogen (secondary N) is 1. The molecule has 0 radical (unpaired) electrons. The van der Waals surface area contributed by atoms with E-state index >= 15 is 0 Å². The van der Waals surface area contributed by atoms with Crippen molar-refractivity contribution in [3.63, 3.8) is 0 Å². The predicted octanol–water partition coefficient (Wildman–Crippen LogP) is -0.825. The number of primary amides is 1. The molecule has 0 spiro atoms. The summed E-state index contributed by atoms with van der Waals surface area (Å²) in [4.78, 5) is 33.7. The van der Waals surface area contributed by atoms with Gasteiger partial charge in [-0.3, -0.25) is 14.5 Å². The fraction of sp³-hybridized carbons (Fsp3) is 0.583. The number of imidazole rings is 1. The molecular formula is C12H19N5O2. The Bertz CT molecular complexity index is 445. The van der Waals surface area contributed by atoms with Crippen LogP contribution in [0.2, 0.25) is 0 Å². The van der Waals surface area contributed by atoms with Gasteiger partial charge in [0.1, 0.15) is 0 Å². The van der Waals surface area contributed by atoms with E-state index in [0.29, 0.717) is 26.2 Å². The Morgan fingerprint density at radius 3 is 2.84 bits per heavy atom. The van der Waals surface area contributed by atoms with Crippen LogP contribution < -0.4 is 5.73 Å². The Kier molecular flexibility index (Phi) is 4.16. The summed E-state index contributed by atoms with van der Waals surface area (Å²) in [7, 11) is 0. The molecule has 0 aromatic carbocycles. The van der Waals surface area contributed by atoms with E-state index in [4.69, 9.17) is 5.73 Å². The smallest absolute Gasteiger partial charge is 0.223 e. The van der Waals surface area contributed by atoms with E-state index in [-0.39, 0.29) is 17.7 Å². The van der Waals surface area contributed by atoms with Crippen molar-refractivity contribution in [3.8, 4) is 0 Å². The van der Waals surface area contributed by atoms with Crippen LogP contribution in [0.1, 0.15) is 12.6 Å². The van der Waals surface area contributed by atoms with E-state index < -0.39 is 0 Å². The zero-order valence-corrected chi connectivity index (χ0v) is 11.0. The van der Waals surface area contributed by atoms with E-state index in [2.05, 4.69) is 14.9 Å². The van der Waals surface area contributed by atoms with Gasteiger partial charge in [-0.25, -0.2) is 4.98 Å². The molecule has 7 nitrogen and oxygen atoms in total. The summed E-state index contributed by atoms with van der Waals surface area (Å²) >= 11 is 0. The summed E-state index contributed by atoms with van der Waals surface area (Å²) in [6.45, 7) is 4.51. The molecular weight excluding hydrogens is 246 g/mol. The Balaban J connectivity index is 2.05. The zero-order chi connectivity index (χ0) is 13.8. The lowest BCUT2D eigenvalue weighted by atomic mass is 10.1. The van der Waals surface area contributed by atoms with Gasteiger partial charge in [-0.1, -0.05) is 0 Å². The van der Waals surface area contributed by atoms with Crippen LogP contribution >= 0.6 is 0 Å². The van der Waals surface area contributed by atoms with Crippen molar-refractivity contribution in [2.45, 2.75) is 13.5 Å². The highest BCUT2D eigenvalue weighted by Crippen LogP contribution is 2.12. The largest absolute Gasteiger partial charge is 0.369 e. The van der Waals surface area contributed by atoms with Crippen molar-refractivity contribution < 1.29 is 9.59 Å². The second-order valence-corrected chi connectivity index (χ2v) is 4.88. The molecule has 1 fully saturated rings. The Morgan fingerprint density at radius 1 is 1.47 bits per heavy atom. The molecule has 3 N–H and O–H groups in total. The summed E-state index contributed by atoms with van der Waals surface area (Å²) in [6, 6.07) is 0. The fourth-order valence-corrected chi connectivity index (χ4v) is 2.30. The summed E-state index contributed by atoms with van der Waals surface area (Å²) in [5.74, 6) is -0.702. The molecule has 1 aliphatic rings. The number of rotatable bonds is 3. The first-order valence-corrected chi connectivity index (χ1v) is 6.30. The summed E-state index contributed by atoms with van der Waals surface area (Å²) in [5.41, 5.74) is 6.40. The van der Waals surface area contributed by atoms with Crippen molar-refractivity contribution in [3.05, 3.63) is 18.2 Å². The molecule has 104 valence electrons. The number of carbonyl (C=O) groups is 2. The topological polar surface area (TPSA) is 95.3 Å². The number of H-pyrrole nitrogens is 1. The molecule has 1 aromatic heterocycles. The van der Waals surface area contributed by atoms with E-state index in [0.717, 1.165) is 12.2 Å². The SMILES string of the molecule is CC(=O)N1CCN(Cc2cnc[nH]2)C[C@H](C(N)=O)C1. The van der Waals surface area contributed by atoms with Gasteiger partial charge in [-0.05, 0) is 0 Å². The quantitative estimate of drug-likeness (QED) is 0.746. The van der Waals surface area contributed by atoms with E-state index in [9.17, 15) is 9.59 Å². The molecule has 1 atom stereocenters. The number of amides is 2. The van der Waals surface area contributed by atoms with Crippen LogP contribution in [0, 0.1) is 5.92 Å². The highest BCUT2D eigenvalue weighted by Gasteiger charge is 2.27. The molecule has 0 saturated carbocycles.